The smallest absolute Gasteiger partial charge is 0.256 e. The van der Waals surface area contributed by atoms with Crippen molar-refractivity contribution in [1.29, 1.82) is 0 Å². The number of hydrogen-bond donors (Lipinski definition) is 3. The molecule has 2 aromatic heterocycles. The summed E-state index contributed by atoms with van der Waals surface area (Å²) < 4.78 is 1.84. The van der Waals surface area contributed by atoms with Crippen LogP contribution >= 0.6 is 0 Å². The molecule has 1 fully saturated rings. The number of nitrogens with zero attached hydrogens (tertiary/aromatic N) is 2. The second-order valence-electron chi connectivity index (χ2n) is 10.3. The highest BCUT2D eigenvalue weighted by atomic mass is 16.2. The fraction of sp³-hybridized carbons (Fsp3) is 0.281. The van der Waals surface area contributed by atoms with Gasteiger partial charge in [-0.05, 0) is 87.2 Å². The van der Waals surface area contributed by atoms with Gasteiger partial charge in [-0.25, -0.2) is 4.68 Å². The van der Waals surface area contributed by atoms with Crippen LogP contribution in [-0.4, -0.2) is 39.5 Å². The molecule has 4 aromatic rings. The highest BCUT2D eigenvalue weighted by Gasteiger charge is 2.27. The topological polar surface area (TPSA) is 91.8 Å². The van der Waals surface area contributed by atoms with Crippen LogP contribution < -0.4 is 10.6 Å². The number of nitrogens with one attached hydrogen (secondary N) is 3. The number of amides is 1. The van der Waals surface area contributed by atoms with E-state index in [9.17, 15) is 9.59 Å². The molecule has 1 amide bonds. The van der Waals surface area contributed by atoms with Crippen LogP contribution in [0.2, 0.25) is 0 Å². The fourth-order valence-corrected chi connectivity index (χ4v) is 5.65. The van der Waals surface area contributed by atoms with Gasteiger partial charge in [0.1, 0.15) is 0 Å². The highest BCUT2D eigenvalue weighted by Crippen LogP contribution is 2.37. The number of fused-ring (bicyclic) bond motifs is 1. The molecule has 0 unspecified atom stereocenters. The molecule has 7 nitrogen and oxygen atoms in total. The van der Waals surface area contributed by atoms with Crippen molar-refractivity contribution in [3.63, 3.8) is 0 Å². The van der Waals surface area contributed by atoms with E-state index in [0.29, 0.717) is 17.9 Å². The molecule has 7 heteroatoms. The molecule has 0 spiro atoms. The average molecular weight is 522 g/mol. The number of H-pyrrole nitrogens is 1. The average Bonchev–Trinajstić information content (AvgIpc) is 3.61. The number of aryl methyl sites for hydroxylation is 1. The third-order valence-corrected chi connectivity index (χ3v) is 7.66. The summed E-state index contributed by atoms with van der Waals surface area (Å²) in [7, 11) is 0. The third-order valence-electron chi connectivity index (χ3n) is 7.66. The van der Waals surface area contributed by atoms with E-state index in [-0.39, 0.29) is 19.1 Å². The molecule has 1 atom stereocenters. The summed E-state index contributed by atoms with van der Waals surface area (Å²) in [5.41, 5.74) is 8.43. The first-order valence-corrected chi connectivity index (χ1v) is 13.2. The van der Waals surface area contributed by atoms with Gasteiger partial charge in [-0.2, -0.15) is 5.10 Å². The number of rotatable bonds is 6. The summed E-state index contributed by atoms with van der Waals surface area (Å²) >= 11 is 0. The summed E-state index contributed by atoms with van der Waals surface area (Å²) in [6.45, 7) is 5.83. The lowest BCUT2D eigenvalue weighted by Gasteiger charge is -2.22. The van der Waals surface area contributed by atoms with Crippen LogP contribution in [0.4, 0.5) is 5.69 Å². The van der Waals surface area contributed by atoms with Crippen molar-refractivity contribution in [3.05, 3.63) is 89.0 Å². The predicted octanol–water partition coefficient (Wildman–Crippen LogP) is 6.19. The largest absolute Gasteiger partial charge is 0.358 e. The molecule has 0 bridgehead atoms. The highest BCUT2D eigenvalue weighted by molar-refractivity contribution is 6.35. The lowest BCUT2D eigenvalue weighted by atomic mass is 9.90. The van der Waals surface area contributed by atoms with Gasteiger partial charge in [0.2, 0.25) is 0 Å². The Morgan fingerprint density at radius 1 is 1.13 bits per heavy atom. The number of carbonyl (C=O) groups excluding carboxylic acids is 2. The van der Waals surface area contributed by atoms with E-state index in [0.717, 1.165) is 76.5 Å². The summed E-state index contributed by atoms with van der Waals surface area (Å²) in [6.07, 6.45) is 8.44. The normalized spacial score (nSPS) is 17.5. The van der Waals surface area contributed by atoms with Crippen LogP contribution in [0.25, 0.3) is 28.5 Å². The lowest BCUT2D eigenvalue weighted by molar-refractivity contribution is -0.110. The van der Waals surface area contributed by atoms with E-state index in [2.05, 4.69) is 20.7 Å². The Kier molecular flexibility index (Phi) is 7.35. The zero-order valence-corrected chi connectivity index (χ0v) is 21.7. The molecule has 0 aliphatic carbocycles. The Hall–Kier alpha value is -4.23. The molecule has 2 aliphatic heterocycles. The zero-order chi connectivity index (χ0) is 26.2. The molecule has 2 aromatic carbocycles. The summed E-state index contributed by atoms with van der Waals surface area (Å²) in [5, 5.41) is 10.9. The minimum Gasteiger partial charge on any atom is -0.358 e. The molecular weight excluding hydrogens is 486 g/mol. The number of Topliss-reactive ketones (excluding diaryl/α,β-unsaturated/α-hetero) is 1. The van der Waals surface area contributed by atoms with E-state index < -0.39 is 0 Å². The van der Waals surface area contributed by atoms with E-state index in [4.69, 9.17) is 0 Å². The SMILES string of the molecule is C.Cc1[nH]c(/C=C2\C(=O)Nc3ccc(-c4cnn(-c5ccccc5)c4)cc32)c(C)c1C(=O)C[C@@H]1CCCNC1. The molecule has 2 aliphatic rings. The minimum atomic E-state index is -0.148. The molecule has 200 valence electrons. The molecule has 1 saturated heterocycles. The molecule has 6 rings (SSSR count). The van der Waals surface area contributed by atoms with Crippen LogP contribution in [0, 0.1) is 19.8 Å². The summed E-state index contributed by atoms with van der Waals surface area (Å²) in [4.78, 5) is 29.6. The second kappa shape index (κ2) is 10.9. The molecule has 0 saturated carbocycles. The van der Waals surface area contributed by atoms with Crippen LogP contribution in [0.3, 0.4) is 0 Å². The fourth-order valence-electron chi connectivity index (χ4n) is 5.65. The van der Waals surface area contributed by atoms with Gasteiger partial charge in [0, 0.05) is 46.4 Å². The number of anilines is 1. The van der Waals surface area contributed by atoms with Crippen molar-refractivity contribution in [2.75, 3.05) is 18.4 Å². The molecule has 0 radical (unpaired) electrons. The summed E-state index contributed by atoms with van der Waals surface area (Å²) in [5.74, 6) is 0.400. The number of benzene rings is 2. The number of hydrogen-bond acceptors (Lipinski definition) is 4. The van der Waals surface area contributed by atoms with Crippen LogP contribution in [-0.2, 0) is 4.79 Å². The van der Waals surface area contributed by atoms with E-state index in [1.165, 1.54) is 0 Å². The first-order chi connectivity index (χ1) is 18.5. The van der Waals surface area contributed by atoms with Crippen molar-refractivity contribution in [1.82, 2.24) is 20.1 Å². The first kappa shape index (κ1) is 26.4. The molecule has 39 heavy (non-hydrogen) atoms. The van der Waals surface area contributed by atoms with Crippen molar-refractivity contribution >= 4 is 29.0 Å². The number of aromatic nitrogens is 3. The monoisotopic (exact) mass is 521 g/mol. The Morgan fingerprint density at radius 3 is 2.72 bits per heavy atom. The van der Waals surface area contributed by atoms with Crippen molar-refractivity contribution in [3.8, 4) is 16.8 Å². The van der Waals surface area contributed by atoms with Crippen molar-refractivity contribution in [2.24, 2.45) is 5.92 Å². The van der Waals surface area contributed by atoms with Gasteiger partial charge >= 0.3 is 0 Å². The molecular formula is C32H35N5O2. The maximum atomic E-state index is 13.2. The molecule has 4 heterocycles. The van der Waals surface area contributed by atoms with E-state index in [1.54, 1.807) is 0 Å². The number of aromatic amines is 1. The Balaban J connectivity index is 0.00000308. The van der Waals surface area contributed by atoms with Gasteiger partial charge in [-0.1, -0.05) is 31.7 Å². The van der Waals surface area contributed by atoms with E-state index in [1.807, 2.05) is 85.5 Å². The maximum absolute atomic E-state index is 13.2. The number of ketones is 1. The second-order valence-corrected chi connectivity index (χ2v) is 10.3. The van der Waals surface area contributed by atoms with Gasteiger partial charge in [-0.15, -0.1) is 0 Å². The zero-order valence-electron chi connectivity index (χ0n) is 21.7. The van der Waals surface area contributed by atoms with Crippen molar-refractivity contribution in [2.45, 2.75) is 40.5 Å². The van der Waals surface area contributed by atoms with Gasteiger partial charge < -0.3 is 15.6 Å². The van der Waals surface area contributed by atoms with Gasteiger partial charge in [0.25, 0.3) is 5.91 Å². The van der Waals surface area contributed by atoms with Gasteiger partial charge in [0.15, 0.2) is 5.78 Å². The number of piperidine rings is 1. The van der Waals surface area contributed by atoms with Gasteiger partial charge in [0.05, 0.1) is 17.5 Å². The minimum absolute atomic E-state index is 0. The Labute approximate surface area is 229 Å². The quantitative estimate of drug-likeness (QED) is 0.209. The number of carbonyl (C=O) groups is 2. The third kappa shape index (κ3) is 5.10. The van der Waals surface area contributed by atoms with Crippen LogP contribution in [0.5, 0.6) is 0 Å². The first-order valence-electron chi connectivity index (χ1n) is 13.2. The number of para-hydroxylation sites is 1. The Bertz CT molecular complexity index is 1550. The lowest BCUT2D eigenvalue weighted by Crippen LogP contribution is -2.31. The van der Waals surface area contributed by atoms with Crippen LogP contribution in [0.15, 0.2) is 60.9 Å². The van der Waals surface area contributed by atoms with Gasteiger partial charge in [-0.3, -0.25) is 9.59 Å². The van der Waals surface area contributed by atoms with Crippen molar-refractivity contribution < 1.29 is 9.59 Å². The Morgan fingerprint density at radius 2 is 1.95 bits per heavy atom. The van der Waals surface area contributed by atoms with Crippen LogP contribution in [0.1, 0.15) is 59.6 Å². The van der Waals surface area contributed by atoms with E-state index >= 15 is 0 Å². The molecule has 3 N–H and O–H groups in total. The maximum Gasteiger partial charge on any atom is 0.256 e. The summed E-state index contributed by atoms with van der Waals surface area (Å²) in [6, 6.07) is 15.9. The standard InChI is InChI=1S/C31H31N5O2.CH4/c1-19-28(34-20(2)30(19)29(37)13-21-7-6-12-32-16-21)15-26-25-14-22(10-11-27(25)35-31(26)38)23-17-33-36(18-23)24-8-4-3-5-9-24;/h3-5,8-11,14-15,17-18,21,32,34H,6-7,12-13,16H2,1-2H3,(H,35,38);1H4/b26-15-;/t21-;/m0./s1. The predicted molar refractivity (Wildman–Crippen MR) is 157 cm³/mol.